The topological polar surface area (TPSA) is 98.6 Å². The molecule has 0 rings (SSSR count). The van der Waals surface area contributed by atoms with Crippen LogP contribution in [0.2, 0.25) is 0 Å². The van der Waals surface area contributed by atoms with Crippen LogP contribution in [-0.2, 0) is 9.53 Å². The summed E-state index contributed by atoms with van der Waals surface area (Å²) in [5.41, 5.74) is 10.2. The highest BCUT2D eigenvalue weighted by Crippen LogP contribution is 1.88. The SMILES string of the molecule is CC(O)C(=O)OC(N)CN. The van der Waals surface area contributed by atoms with Gasteiger partial charge in [-0.3, -0.25) is 5.73 Å². The molecule has 5 nitrogen and oxygen atoms in total. The van der Waals surface area contributed by atoms with Gasteiger partial charge in [0, 0.05) is 6.54 Å². The Morgan fingerprint density at radius 2 is 2.30 bits per heavy atom. The van der Waals surface area contributed by atoms with Crippen molar-refractivity contribution in [3.05, 3.63) is 0 Å². The number of hydrogen-bond acceptors (Lipinski definition) is 5. The number of esters is 1. The summed E-state index contributed by atoms with van der Waals surface area (Å²) >= 11 is 0. The fourth-order valence-electron chi connectivity index (χ4n) is 0.296. The molecule has 5 heteroatoms. The molecule has 2 atom stereocenters. The van der Waals surface area contributed by atoms with Gasteiger partial charge in [-0.05, 0) is 6.92 Å². The van der Waals surface area contributed by atoms with Crippen molar-refractivity contribution in [3.8, 4) is 0 Å². The Balaban J connectivity index is 3.57. The molecule has 0 bridgehead atoms. The van der Waals surface area contributed by atoms with Gasteiger partial charge in [-0.25, -0.2) is 4.79 Å². The third-order valence-corrected chi connectivity index (χ3v) is 0.841. The molecule has 0 radical (unpaired) electrons. The van der Waals surface area contributed by atoms with Crippen LogP contribution < -0.4 is 11.5 Å². The summed E-state index contributed by atoms with van der Waals surface area (Å²) < 4.78 is 4.42. The largest absolute Gasteiger partial charge is 0.444 e. The first kappa shape index (κ1) is 9.35. The average Bonchev–Trinajstić information content (AvgIpc) is 1.87. The van der Waals surface area contributed by atoms with Gasteiger partial charge in [0.1, 0.15) is 6.10 Å². The molecule has 0 saturated carbocycles. The molecule has 0 aliphatic heterocycles. The summed E-state index contributed by atoms with van der Waals surface area (Å²) in [5, 5.41) is 8.59. The lowest BCUT2D eigenvalue weighted by Crippen LogP contribution is -2.37. The van der Waals surface area contributed by atoms with Crippen LogP contribution in [0.15, 0.2) is 0 Å². The number of hydrogen-bond donors (Lipinski definition) is 3. The van der Waals surface area contributed by atoms with E-state index >= 15 is 0 Å². The molecule has 0 aromatic heterocycles. The van der Waals surface area contributed by atoms with Gasteiger partial charge in [0.15, 0.2) is 6.23 Å². The highest BCUT2D eigenvalue weighted by Gasteiger charge is 2.12. The standard InChI is InChI=1S/C5H12N2O3/c1-3(8)5(9)10-4(7)2-6/h3-4,8H,2,6-7H2,1H3. The van der Waals surface area contributed by atoms with E-state index in [2.05, 4.69) is 4.74 Å². The molecular weight excluding hydrogens is 136 g/mol. The predicted molar refractivity (Wildman–Crippen MR) is 34.8 cm³/mol. The Morgan fingerprint density at radius 3 is 2.60 bits per heavy atom. The van der Waals surface area contributed by atoms with Crippen molar-refractivity contribution in [3.63, 3.8) is 0 Å². The van der Waals surface area contributed by atoms with Crippen molar-refractivity contribution in [2.75, 3.05) is 6.54 Å². The van der Waals surface area contributed by atoms with Crippen LogP contribution in [-0.4, -0.2) is 30.0 Å². The van der Waals surface area contributed by atoms with Crippen molar-refractivity contribution in [1.29, 1.82) is 0 Å². The maximum Gasteiger partial charge on any atom is 0.336 e. The molecule has 0 fully saturated rings. The molecule has 0 heterocycles. The van der Waals surface area contributed by atoms with Crippen molar-refractivity contribution in [2.45, 2.75) is 19.3 Å². The number of aliphatic hydroxyl groups excluding tert-OH is 1. The highest BCUT2D eigenvalue weighted by molar-refractivity contribution is 5.73. The monoisotopic (exact) mass is 148 g/mol. The van der Waals surface area contributed by atoms with Gasteiger partial charge in [-0.2, -0.15) is 0 Å². The van der Waals surface area contributed by atoms with E-state index in [9.17, 15) is 4.79 Å². The van der Waals surface area contributed by atoms with Gasteiger partial charge in [0.2, 0.25) is 0 Å². The summed E-state index contributed by atoms with van der Waals surface area (Å²) in [5.74, 6) is -0.752. The van der Waals surface area contributed by atoms with Crippen molar-refractivity contribution < 1.29 is 14.6 Å². The molecule has 5 N–H and O–H groups in total. The predicted octanol–water partition coefficient (Wildman–Crippen LogP) is -1.85. The van der Waals surface area contributed by atoms with E-state index in [1.54, 1.807) is 0 Å². The fraction of sp³-hybridized carbons (Fsp3) is 0.800. The Bertz CT molecular complexity index is 115. The van der Waals surface area contributed by atoms with Crippen LogP contribution in [0, 0.1) is 0 Å². The van der Waals surface area contributed by atoms with Crippen molar-refractivity contribution >= 4 is 5.97 Å². The number of nitrogens with two attached hydrogens (primary N) is 2. The molecule has 0 aliphatic carbocycles. The van der Waals surface area contributed by atoms with E-state index in [1.807, 2.05) is 0 Å². The minimum absolute atomic E-state index is 0.0540. The molecule has 10 heavy (non-hydrogen) atoms. The number of carbonyl (C=O) groups excluding carboxylic acids is 1. The summed E-state index contributed by atoms with van der Waals surface area (Å²) in [6.45, 7) is 1.35. The van der Waals surface area contributed by atoms with Crippen LogP contribution in [0.1, 0.15) is 6.92 Å². The normalized spacial score (nSPS) is 16.0. The quantitative estimate of drug-likeness (QED) is 0.322. The number of aliphatic hydroxyl groups is 1. The summed E-state index contributed by atoms with van der Waals surface area (Å²) in [6, 6.07) is 0. The van der Waals surface area contributed by atoms with Gasteiger partial charge in [0.05, 0.1) is 0 Å². The molecule has 2 unspecified atom stereocenters. The first-order valence-corrected chi connectivity index (χ1v) is 2.92. The molecule has 0 aromatic carbocycles. The second-order valence-corrected chi connectivity index (χ2v) is 1.89. The van der Waals surface area contributed by atoms with Crippen LogP contribution in [0.25, 0.3) is 0 Å². The summed E-state index contributed by atoms with van der Waals surface area (Å²) in [4.78, 5) is 10.5. The molecule has 0 amide bonds. The van der Waals surface area contributed by atoms with Gasteiger partial charge < -0.3 is 15.6 Å². The van der Waals surface area contributed by atoms with Crippen LogP contribution >= 0.6 is 0 Å². The Kier molecular flexibility index (Phi) is 3.94. The van der Waals surface area contributed by atoms with Crippen LogP contribution in [0.5, 0.6) is 0 Å². The lowest BCUT2D eigenvalue weighted by Gasteiger charge is -2.11. The van der Waals surface area contributed by atoms with Crippen molar-refractivity contribution in [2.24, 2.45) is 11.5 Å². The number of ether oxygens (including phenoxy) is 1. The summed E-state index contributed by atoms with van der Waals surface area (Å²) in [6.07, 6.45) is -1.96. The average molecular weight is 148 g/mol. The van der Waals surface area contributed by atoms with Gasteiger partial charge in [-0.1, -0.05) is 0 Å². The molecule has 0 aromatic rings. The van der Waals surface area contributed by atoms with Crippen LogP contribution in [0.4, 0.5) is 0 Å². The first-order valence-electron chi connectivity index (χ1n) is 2.92. The van der Waals surface area contributed by atoms with E-state index in [0.29, 0.717) is 0 Å². The fourth-order valence-corrected chi connectivity index (χ4v) is 0.296. The molecule has 0 spiro atoms. The molecule has 0 aliphatic rings. The van der Waals surface area contributed by atoms with Gasteiger partial charge in [0.25, 0.3) is 0 Å². The molecule has 0 saturated heterocycles. The van der Waals surface area contributed by atoms with Crippen LogP contribution in [0.3, 0.4) is 0 Å². The Labute approximate surface area is 58.9 Å². The van der Waals surface area contributed by atoms with Crippen molar-refractivity contribution in [1.82, 2.24) is 0 Å². The second-order valence-electron chi connectivity index (χ2n) is 1.89. The van der Waals surface area contributed by atoms with E-state index < -0.39 is 18.3 Å². The third-order valence-electron chi connectivity index (χ3n) is 0.841. The lowest BCUT2D eigenvalue weighted by molar-refractivity contribution is -0.157. The van der Waals surface area contributed by atoms with E-state index in [1.165, 1.54) is 6.92 Å². The van der Waals surface area contributed by atoms with Gasteiger partial charge in [-0.15, -0.1) is 0 Å². The first-order chi connectivity index (χ1) is 4.57. The second kappa shape index (κ2) is 4.21. The highest BCUT2D eigenvalue weighted by atomic mass is 16.6. The van der Waals surface area contributed by atoms with E-state index in [4.69, 9.17) is 16.6 Å². The maximum absolute atomic E-state index is 10.5. The Morgan fingerprint density at radius 1 is 1.80 bits per heavy atom. The van der Waals surface area contributed by atoms with E-state index in [-0.39, 0.29) is 6.54 Å². The Hall–Kier alpha value is -0.650. The van der Waals surface area contributed by atoms with E-state index in [0.717, 1.165) is 0 Å². The summed E-state index contributed by atoms with van der Waals surface area (Å²) in [7, 11) is 0. The number of carbonyl (C=O) groups is 1. The minimum atomic E-state index is -1.14. The zero-order chi connectivity index (χ0) is 8.15. The number of rotatable bonds is 3. The molecule has 60 valence electrons. The lowest BCUT2D eigenvalue weighted by atomic mass is 10.4. The third kappa shape index (κ3) is 3.39. The maximum atomic E-state index is 10.5. The minimum Gasteiger partial charge on any atom is -0.444 e. The zero-order valence-electron chi connectivity index (χ0n) is 5.78. The van der Waals surface area contributed by atoms with Gasteiger partial charge >= 0.3 is 5.97 Å². The zero-order valence-corrected chi connectivity index (χ0v) is 5.78. The smallest absolute Gasteiger partial charge is 0.336 e. The molecular formula is C5H12N2O3.